The summed E-state index contributed by atoms with van der Waals surface area (Å²) >= 11 is 3.37. The van der Waals surface area contributed by atoms with E-state index in [9.17, 15) is 14.7 Å². The Kier molecular flexibility index (Phi) is 5.34. The maximum absolute atomic E-state index is 12.4. The van der Waals surface area contributed by atoms with Crippen molar-refractivity contribution in [2.45, 2.75) is 52.2 Å². The zero-order valence-corrected chi connectivity index (χ0v) is 15.3. The van der Waals surface area contributed by atoms with Gasteiger partial charge in [0, 0.05) is 17.1 Å². The number of carbonyl (C=O) groups excluding carboxylic acids is 1. The van der Waals surface area contributed by atoms with E-state index in [1.807, 2.05) is 45.0 Å². The molecule has 126 valence electrons. The van der Waals surface area contributed by atoms with Crippen LogP contribution in [0.1, 0.15) is 39.2 Å². The maximum Gasteiger partial charge on any atom is 0.408 e. The van der Waals surface area contributed by atoms with Crippen molar-refractivity contribution in [1.82, 2.24) is 10.2 Å². The van der Waals surface area contributed by atoms with Crippen LogP contribution in [0.15, 0.2) is 28.7 Å². The maximum atomic E-state index is 12.4. The van der Waals surface area contributed by atoms with Gasteiger partial charge >= 0.3 is 6.09 Å². The summed E-state index contributed by atoms with van der Waals surface area (Å²) in [6.45, 7) is 6.43. The number of benzene rings is 1. The predicted octanol–water partition coefficient (Wildman–Crippen LogP) is 3.62. The molecule has 0 saturated carbocycles. The van der Waals surface area contributed by atoms with Crippen LogP contribution in [0, 0.1) is 5.41 Å². The van der Waals surface area contributed by atoms with Crippen molar-refractivity contribution in [3.8, 4) is 0 Å². The first kappa shape index (κ1) is 17.8. The van der Waals surface area contributed by atoms with Crippen molar-refractivity contribution in [2.75, 3.05) is 0 Å². The fourth-order valence-electron chi connectivity index (χ4n) is 3.09. The van der Waals surface area contributed by atoms with Crippen LogP contribution < -0.4 is 5.32 Å². The molecule has 2 amide bonds. The van der Waals surface area contributed by atoms with Gasteiger partial charge in [-0.3, -0.25) is 9.69 Å². The Balaban J connectivity index is 2.03. The van der Waals surface area contributed by atoms with Gasteiger partial charge in [0.05, 0.1) is 0 Å². The van der Waals surface area contributed by atoms with E-state index in [0.717, 1.165) is 10.0 Å². The highest BCUT2D eigenvalue weighted by molar-refractivity contribution is 9.10. The van der Waals surface area contributed by atoms with Crippen LogP contribution >= 0.6 is 15.9 Å². The molecule has 6 heteroatoms. The second-order valence-electron chi connectivity index (χ2n) is 7.01. The van der Waals surface area contributed by atoms with Gasteiger partial charge in [-0.2, -0.15) is 0 Å². The molecule has 1 aliphatic heterocycles. The van der Waals surface area contributed by atoms with Crippen molar-refractivity contribution >= 4 is 27.9 Å². The van der Waals surface area contributed by atoms with Gasteiger partial charge < -0.3 is 10.4 Å². The molecule has 1 heterocycles. The van der Waals surface area contributed by atoms with E-state index < -0.39 is 12.1 Å². The Morgan fingerprint density at radius 2 is 1.87 bits per heavy atom. The summed E-state index contributed by atoms with van der Waals surface area (Å²) in [6, 6.07) is 6.93. The third-order valence-corrected chi connectivity index (χ3v) is 4.82. The van der Waals surface area contributed by atoms with Crippen molar-refractivity contribution in [2.24, 2.45) is 5.41 Å². The van der Waals surface area contributed by atoms with Crippen molar-refractivity contribution in [1.29, 1.82) is 0 Å². The van der Waals surface area contributed by atoms with Gasteiger partial charge in [0.25, 0.3) is 0 Å². The van der Waals surface area contributed by atoms with Crippen LogP contribution in [0.5, 0.6) is 0 Å². The molecule has 0 aliphatic carbocycles. The molecule has 1 aromatic rings. The highest BCUT2D eigenvalue weighted by atomic mass is 79.9. The number of carbonyl (C=O) groups is 2. The van der Waals surface area contributed by atoms with E-state index in [4.69, 9.17) is 0 Å². The first-order chi connectivity index (χ1) is 10.7. The van der Waals surface area contributed by atoms with Gasteiger partial charge in [-0.25, -0.2) is 4.79 Å². The lowest BCUT2D eigenvalue weighted by atomic mass is 9.85. The fraction of sp³-hybridized carbons (Fsp3) is 0.529. The van der Waals surface area contributed by atoms with Crippen molar-refractivity contribution in [3.05, 3.63) is 34.3 Å². The summed E-state index contributed by atoms with van der Waals surface area (Å²) in [7, 11) is 0. The third kappa shape index (κ3) is 4.25. The molecule has 0 radical (unpaired) electrons. The van der Waals surface area contributed by atoms with Crippen molar-refractivity contribution in [3.63, 3.8) is 0 Å². The molecule has 5 nitrogen and oxygen atoms in total. The molecule has 2 atom stereocenters. The fourth-order valence-corrected chi connectivity index (χ4v) is 3.36. The molecule has 0 spiro atoms. The number of hydrogen-bond donors (Lipinski definition) is 2. The lowest BCUT2D eigenvalue weighted by Crippen LogP contribution is -2.51. The Morgan fingerprint density at radius 3 is 2.39 bits per heavy atom. The highest BCUT2D eigenvalue weighted by Gasteiger charge is 2.45. The number of likely N-dealkylation sites (tertiary alicyclic amines) is 1. The second kappa shape index (κ2) is 6.91. The smallest absolute Gasteiger partial charge is 0.408 e. The van der Waals surface area contributed by atoms with Crippen LogP contribution in [-0.2, 0) is 11.3 Å². The number of carboxylic acid groups (broad SMARTS) is 1. The standard InChI is InChI=1S/C17H23BrN2O3/c1-17(2,3)14-9-8-13(20(14)16(22)23)15(21)19-10-11-4-6-12(18)7-5-11/h4-7,13-14H,8-10H2,1-3H3,(H,19,21)(H,22,23). The summed E-state index contributed by atoms with van der Waals surface area (Å²) in [5.74, 6) is -0.220. The minimum atomic E-state index is -1.02. The molecular formula is C17H23BrN2O3. The van der Waals surface area contributed by atoms with Crippen LogP contribution in [-0.4, -0.2) is 34.1 Å². The minimum absolute atomic E-state index is 0.136. The minimum Gasteiger partial charge on any atom is -0.465 e. The molecule has 1 fully saturated rings. The van der Waals surface area contributed by atoms with Gasteiger partial charge in [-0.1, -0.05) is 48.8 Å². The van der Waals surface area contributed by atoms with Gasteiger partial charge in [0.2, 0.25) is 5.91 Å². The summed E-state index contributed by atoms with van der Waals surface area (Å²) in [5, 5.41) is 12.4. The Bertz CT molecular complexity index is 580. The molecule has 0 aromatic heterocycles. The van der Waals surface area contributed by atoms with E-state index in [0.29, 0.717) is 19.4 Å². The molecule has 0 bridgehead atoms. The first-order valence-corrected chi connectivity index (χ1v) is 8.53. The van der Waals surface area contributed by atoms with Crippen LogP contribution in [0.2, 0.25) is 0 Å². The Hall–Kier alpha value is -1.56. The summed E-state index contributed by atoms with van der Waals surface area (Å²) in [6.07, 6.45) is 0.262. The average molecular weight is 383 g/mol. The highest BCUT2D eigenvalue weighted by Crippen LogP contribution is 2.36. The van der Waals surface area contributed by atoms with E-state index in [1.165, 1.54) is 4.90 Å². The molecular weight excluding hydrogens is 360 g/mol. The van der Waals surface area contributed by atoms with Gasteiger partial charge in [-0.05, 0) is 36.0 Å². The predicted molar refractivity (Wildman–Crippen MR) is 92.1 cm³/mol. The van der Waals surface area contributed by atoms with Gasteiger partial charge in [0.1, 0.15) is 6.04 Å². The van der Waals surface area contributed by atoms with Crippen LogP contribution in [0.3, 0.4) is 0 Å². The Morgan fingerprint density at radius 1 is 1.26 bits per heavy atom. The molecule has 2 unspecified atom stereocenters. The third-order valence-electron chi connectivity index (χ3n) is 4.29. The lowest BCUT2D eigenvalue weighted by molar-refractivity contribution is -0.125. The van der Waals surface area contributed by atoms with Crippen LogP contribution in [0.25, 0.3) is 0 Å². The molecule has 1 aromatic carbocycles. The van der Waals surface area contributed by atoms with E-state index in [-0.39, 0.29) is 17.4 Å². The average Bonchev–Trinajstić information content (AvgIpc) is 2.91. The monoisotopic (exact) mass is 382 g/mol. The largest absolute Gasteiger partial charge is 0.465 e. The van der Waals surface area contributed by atoms with Gasteiger partial charge in [-0.15, -0.1) is 0 Å². The SMILES string of the molecule is CC(C)(C)C1CCC(C(=O)NCc2ccc(Br)cc2)N1C(=O)O. The molecule has 2 rings (SSSR count). The van der Waals surface area contributed by atoms with Crippen LogP contribution in [0.4, 0.5) is 4.79 Å². The topological polar surface area (TPSA) is 69.6 Å². The van der Waals surface area contributed by atoms with Crippen molar-refractivity contribution < 1.29 is 14.7 Å². The summed E-state index contributed by atoms with van der Waals surface area (Å²) in [5.41, 5.74) is 0.799. The number of hydrogen-bond acceptors (Lipinski definition) is 2. The Labute approximate surface area is 145 Å². The zero-order valence-electron chi connectivity index (χ0n) is 13.7. The number of nitrogens with one attached hydrogen (secondary N) is 1. The number of nitrogens with zero attached hydrogens (tertiary/aromatic N) is 1. The number of rotatable bonds is 3. The van der Waals surface area contributed by atoms with Gasteiger partial charge in [0.15, 0.2) is 0 Å². The van der Waals surface area contributed by atoms with E-state index in [1.54, 1.807) is 0 Å². The molecule has 1 aliphatic rings. The quantitative estimate of drug-likeness (QED) is 0.838. The molecule has 2 N–H and O–H groups in total. The van der Waals surface area contributed by atoms with E-state index >= 15 is 0 Å². The molecule has 23 heavy (non-hydrogen) atoms. The molecule has 1 saturated heterocycles. The second-order valence-corrected chi connectivity index (χ2v) is 7.92. The lowest BCUT2D eigenvalue weighted by Gasteiger charge is -2.35. The first-order valence-electron chi connectivity index (χ1n) is 7.73. The number of amides is 2. The number of halogens is 1. The van der Waals surface area contributed by atoms with E-state index in [2.05, 4.69) is 21.2 Å². The summed E-state index contributed by atoms with van der Waals surface area (Å²) < 4.78 is 0.980. The zero-order chi connectivity index (χ0) is 17.2. The summed E-state index contributed by atoms with van der Waals surface area (Å²) in [4.78, 5) is 25.4. The normalized spacial score (nSPS) is 21.3.